The van der Waals surface area contributed by atoms with Crippen LogP contribution in [0.2, 0.25) is 0 Å². The first-order chi connectivity index (χ1) is 9.72. The van der Waals surface area contributed by atoms with Crippen LogP contribution < -0.4 is 10.5 Å². The highest BCUT2D eigenvalue weighted by Crippen LogP contribution is 2.32. The Bertz CT molecular complexity index is 616. The van der Waals surface area contributed by atoms with Crippen LogP contribution in [0.4, 0.5) is 0 Å². The summed E-state index contributed by atoms with van der Waals surface area (Å²) in [6.45, 7) is 1.99. The van der Waals surface area contributed by atoms with Gasteiger partial charge in [0.15, 0.2) is 0 Å². The van der Waals surface area contributed by atoms with Crippen molar-refractivity contribution in [1.82, 2.24) is 9.55 Å². The Labute approximate surface area is 119 Å². The quantitative estimate of drug-likeness (QED) is 0.934. The zero-order valence-electron chi connectivity index (χ0n) is 12.1. The molecule has 0 bridgehead atoms. The van der Waals surface area contributed by atoms with Gasteiger partial charge in [-0.1, -0.05) is 6.07 Å². The molecule has 20 heavy (non-hydrogen) atoms. The van der Waals surface area contributed by atoms with Gasteiger partial charge in [0.25, 0.3) is 0 Å². The predicted molar refractivity (Wildman–Crippen MR) is 79.4 cm³/mol. The van der Waals surface area contributed by atoms with Gasteiger partial charge in [-0.05, 0) is 44.7 Å². The lowest BCUT2D eigenvalue weighted by Crippen LogP contribution is -2.13. The van der Waals surface area contributed by atoms with E-state index in [9.17, 15) is 0 Å². The molecule has 0 unspecified atom stereocenters. The first-order valence-corrected chi connectivity index (χ1v) is 7.20. The number of methoxy groups -OCH3 is 1. The van der Waals surface area contributed by atoms with Crippen molar-refractivity contribution in [1.29, 1.82) is 0 Å². The third kappa shape index (κ3) is 2.10. The van der Waals surface area contributed by atoms with E-state index in [-0.39, 0.29) is 6.04 Å². The van der Waals surface area contributed by atoms with E-state index in [1.807, 2.05) is 25.4 Å². The van der Waals surface area contributed by atoms with Gasteiger partial charge in [-0.15, -0.1) is 0 Å². The van der Waals surface area contributed by atoms with E-state index in [1.165, 1.54) is 24.2 Å². The summed E-state index contributed by atoms with van der Waals surface area (Å²) in [5.41, 5.74) is 10.9. The van der Waals surface area contributed by atoms with Crippen molar-refractivity contribution in [3.63, 3.8) is 0 Å². The molecular formula is C16H21N3O. The summed E-state index contributed by atoms with van der Waals surface area (Å²) in [4.78, 5) is 4.57. The van der Waals surface area contributed by atoms with Gasteiger partial charge >= 0.3 is 0 Å². The summed E-state index contributed by atoms with van der Waals surface area (Å²) in [5.74, 6) is 0.843. The summed E-state index contributed by atoms with van der Waals surface area (Å²) in [6, 6.07) is 5.99. The van der Waals surface area contributed by atoms with Crippen molar-refractivity contribution in [2.45, 2.75) is 38.6 Å². The highest BCUT2D eigenvalue weighted by atomic mass is 16.5. The molecule has 0 spiro atoms. The van der Waals surface area contributed by atoms with Crippen molar-refractivity contribution in [3.8, 4) is 11.4 Å². The number of ether oxygens (including phenoxy) is 1. The first-order valence-electron chi connectivity index (χ1n) is 7.20. The monoisotopic (exact) mass is 271 g/mol. The SMILES string of the molecule is COc1cccc(-n2cnc3c2CCCC3)c1[C@H](C)N. The van der Waals surface area contributed by atoms with E-state index < -0.39 is 0 Å². The van der Waals surface area contributed by atoms with Crippen LogP contribution in [0, 0.1) is 0 Å². The second-order valence-corrected chi connectivity index (χ2v) is 5.40. The highest BCUT2D eigenvalue weighted by Gasteiger charge is 2.20. The Kier molecular flexibility index (Phi) is 3.49. The molecule has 4 nitrogen and oxygen atoms in total. The molecule has 3 rings (SSSR count). The van der Waals surface area contributed by atoms with Gasteiger partial charge in [-0.2, -0.15) is 0 Å². The molecule has 0 aliphatic heterocycles. The zero-order valence-corrected chi connectivity index (χ0v) is 12.1. The number of hydrogen-bond acceptors (Lipinski definition) is 3. The Hall–Kier alpha value is -1.81. The molecule has 2 N–H and O–H groups in total. The normalized spacial score (nSPS) is 15.8. The lowest BCUT2D eigenvalue weighted by molar-refractivity contribution is 0.406. The summed E-state index contributed by atoms with van der Waals surface area (Å²) >= 11 is 0. The molecule has 0 saturated heterocycles. The number of benzene rings is 1. The van der Waals surface area contributed by atoms with E-state index in [0.717, 1.165) is 29.8 Å². The van der Waals surface area contributed by atoms with Crippen molar-refractivity contribution in [2.24, 2.45) is 5.73 Å². The fraction of sp³-hybridized carbons (Fsp3) is 0.438. The van der Waals surface area contributed by atoms with Crippen molar-refractivity contribution in [3.05, 3.63) is 41.5 Å². The van der Waals surface area contributed by atoms with E-state index in [0.29, 0.717) is 0 Å². The summed E-state index contributed by atoms with van der Waals surface area (Å²) in [6.07, 6.45) is 6.57. The van der Waals surface area contributed by atoms with E-state index >= 15 is 0 Å². The number of aryl methyl sites for hydroxylation is 1. The number of aromatic nitrogens is 2. The minimum Gasteiger partial charge on any atom is -0.496 e. The molecule has 0 fully saturated rings. The number of nitrogens with zero attached hydrogens (tertiary/aromatic N) is 2. The lowest BCUT2D eigenvalue weighted by atomic mass is 10.00. The predicted octanol–water partition coefficient (Wildman–Crippen LogP) is 2.78. The lowest BCUT2D eigenvalue weighted by Gasteiger charge is -2.20. The summed E-state index contributed by atoms with van der Waals surface area (Å²) in [5, 5.41) is 0. The van der Waals surface area contributed by atoms with Crippen LogP contribution in [0.1, 0.15) is 42.8 Å². The van der Waals surface area contributed by atoms with Gasteiger partial charge in [-0.25, -0.2) is 4.98 Å². The van der Waals surface area contributed by atoms with Crippen molar-refractivity contribution >= 4 is 0 Å². The molecule has 106 valence electrons. The van der Waals surface area contributed by atoms with Crippen LogP contribution in [0.25, 0.3) is 5.69 Å². The van der Waals surface area contributed by atoms with Crippen LogP contribution >= 0.6 is 0 Å². The Morgan fingerprint density at radius 2 is 2.10 bits per heavy atom. The number of nitrogens with two attached hydrogens (primary N) is 1. The van der Waals surface area contributed by atoms with Gasteiger partial charge < -0.3 is 15.0 Å². The molecule has 1 heterocycles. The van der Waals surface area contributed by atoms with Crippen LogP contribution in [0.15, 0.2) is 24.5 Å². The van der Waals surface area contributed by atoms with Crippen LogP contribution in [0.3, 0.4) is 0 Å². The van der Waals surface area contributed by atoms with Crippen molar-refractivity contribution in [2.75, 3.05) is 7.11 Å². The third-order valence-corrected chi connectivity index (χ3v) is 4.01. The van der Waals surface area contributed by atoms with Gasteiger partial charge in [0, 0.05) is 17.3 Å². The molecule has 4 heteroatoms. The molecule has 0 saturated carbocycles. The molecule has 1 aliphatic rings. The standard InChI is InChI=1S/C16H21N3O/c1-11(17)16-14(8-5-9-15(16)20-2)19-10-18-12-6-3-4-7-13(12)19/h5,8-11H,3-4,6-7,17H2,1-2H3/t11-/m0/s1. The number of fused-ring (bicyclic) bond motifs is 1. The van der Waals surface area contributed by atoms with Crippen LogP contribution in [-0.4, -0.2) is 16.7 Å². The fourth-order valence-electron chi connectivity index (χ4n) is 3.05. The molecule has 2 aromatic rings. The molecule has 0 amide bonds. The van der Waals surface area contributed by atoms with Gasteiger partial charge in [0.2, 0.25) is 0 Å². The Morgan fingerprint density at radius 3 is 2.85 bits per heavy atom. The maximum Gasteiger partial charge on any atom is 0.125 e. The molecule has 1 aromatic heterocycles. The largest absolute Gasteiger partial charge is 0.496 e. The molecule has 0 radical (unpaired) electrons. The Morgan fingerprint density at radius 1 is 1.30 bits per heavy atom. The maximum atomic E-state index is 6.16. The number of rotatable bonds is 3. The minimum atomic E-state index is -0.0807. The minimum absolute atomic E-state index is 0.0807. The number of hydrogen-bond donors (Lipinski definition) is 1. The summed E-state index contributed by atoms with van der Waals surface area (Å²) in [7, 11) is 1.69. The van der Waals surface area contributed by atoms with E-state index in [4.69, 9.17) is 10.5 Å². The smallest absolute Gasteiger partial charge is 0.125 e. The van der Waals surface area contributed by atoms with Gasteiger partial charge in [0.1, 0.15) is 5.75 Å². The highest BCUT2D eigenvalue weighted by molar-refractivity contribution is 5.52. The summed E-state index contributed by atoms with van der Waals surface area (Å²) < 4.78 is 7.67. The molecular weight excluding hydrogens is 250 g/mol. The second kappa shape index (κ2) is 5.29. The van der Waals surface area contributed by atoms with E-state index in [1.54, 1.807) is 7.11 Å². The van der Waals surface area contributed by atoms with Crippen molar-refractivity contribution < 1.29 is 4.74 Å². The topological polar surface area (TPSA) is 53.1 Å². The zero-order chi connectivity index (χ0) is 14.1. The second-order valence-electron chi connectivity index (χ2n) is 5.40. The van der Waals surface area contributed by atoms with Gasteiger partial charge in [0.05, 0.1) is 24.8 Å². The maximum absolute atomic E-state index is 6.16. The Balaban J connectivity index is 2.17. The fourth-order valence-corrected chi connectivity index (χ4v) is 3.05. The van der Waals surface area contributed by atoms with Crippen LogP contribution in [0.5, 0.6) is 5.75 Å². The first kappa shape index (κ1) is 13.2. The van der Waals surface area contributed by atoms with Crippen LogP contribution in [-0.2, 0) is 12.8 Å². The molecule has 1 aliphatic carbocycles. The average molecular weight is 271 g/mol. The number of imidazole rings is 1. The molecule has 1 aromatic carbocycles. The van der Waals surface area contributed by atoms with E-state index in [2.05, 4.69) is 15.6 Å². The third-order valence-electron chi connectivity index (χ3n) is 4.01. The van der Waals surface area contributed by atoms with Gasteiger partial charge in [-0.3, -0.25) is 0 Å². The average Bonchev–Trinajstić information content (AvgIpc) is 2.90. The molecule has 1 atom stereocenters.